The van der Waals surface area contributed by atoms with E-state index in [-0.39, 0.29) is 40.7 Å². The predicted molar refractivity (Wildman–Crippen MR) is 141 cm³/mol. The number of nitriles is 1. The van der Waals surface area contributed by atoms with Crippen LogP contribution in [-0.2, 0) is 18.0 Å². The molecule has 0 spiro atoms. The monoisotopic (exact) mass is 544 g/mol. The molecule has 1 amide bonds. The molecule has 2 aromatic heterocycles. The summed E-state index contributed by atoms with van der Waals surface area (Å²) >= 11 is 6.00. The molecule has 1 unspecified atom stereocenters. The zero-order valence-electron chi connectivity index (χ0n) is 21.5. The second-order valence-electron chi connectivity index (χ2n) is 10.0. The van der Waals surface area contributed by atoms with Crippen LogP contribution in [0.15, 0.2) is 30.6 Å². The predicted octanol–water partition coefficient (Wildman–Crippen LogP) is 4.74. The van der Waals surface area contributed by atoms with Gasteiger partial charge in [0, 0.05) is 45.6 Å². The number of amides is 1. The van der Waals surface area contributed by atoms with E-state index in [4.69, 9.17) is 21.6 Å². The highest BCUT2D eigenvalue weighted by Gasteiger charge is 2.20. The van der Waals surface area contributed by atoms with Crippen molar-refractivity contribution in [3.63, 3.8) is 0 Å². The van der Waals surface area contributed by atoms with Gasteiger partial charge in [0.05, 0.1) is 17.3 Å². The van der Waals surface area contributed by atoms with Crippen LogP contribution in [0.5, 0.6) is 0 Å². The number of carbonyl (C=O) groups is 2. The molecule has 1 N–H and O–H groups in total. The van der Waals surface area contributed by atoms with Crippen molar-refractivity contribution in [2.75, 3.05) is 6.61 Å². The summed E-state index contributed by atoms with van der Waals surface area (Å²) in [6.45, 7) is 11.0. The zero-order valence-corrected chi connectivity index (χ0v) is 23.3. The van der Waals surface area contributed by atoms with E-state index >= 15 is 0 Å². The van der Waals surface area contributed by atoms with Crippen molar-refractivity contribution in [1.82, 2.24) is 24.6 Å². The first-order chi connectivity index (χ1) is 17.4. The molecular weight excluding hydrogens is 515 g/mol. The van der Waals surface area contributed by atoms with E-state index in [9.17, 15) is 14.0 Å². The van der Waals surface area contributed by atoms with E-state index in [1.165, 1.54) is 25.3 Å². The van der Waals surface area contributed by atoms with Gasteiger partial charge in [0.1, 0.15) is 29.9 Å². The van der Waals surface area contributed by atoms with Gasteiger partial charge in [0.25, 0.3) is 5.91 Å². The van der Waals surface area contributed by atoms with Crippen LogP contribution in [0.25, 0.3) is 11.3 Å². The number of ether oxygens (including phenoxy) is 1. The SMILES string of the molecule is CC(=O)c1nc(C(=O)NC(C)Cn2ccc(-c3cc(F)c(C#N)c(Cl)c3)n2)cn1COCC[Si](C)(C)C. The number of hydrogen-bond acceptors (Lipinski definition) is 6. The Morgan fingerprint density at radius 1 is 1.32 bits per heavy atom. The highest BCUT2D eigenvalue weighted by molar-refractivity contribution is 6.76. The van der Waals surface area contributed by atoms with Gasteiger partial charge >= 0.3 is 0 Å². The third kappa shape index (κ3) is 7.58. The molecule has 0 saturated carbocycles. The molecule has 0 bridgehead atoms. The van der Waals surface area contributed by atoms with Gasteiger partial charge in [-0.15, -0.1) is 0 Å². The average molecular weight is 545 g/mol. The number of rotatable bonds is 11. The smallest absolute Gasteiger partial charge is 0.271 e. The van der Waals surface area contributed by atoms with Gasteiger partial charge in [-0.1, -0.05) is 31.2 Å². The Kier molecular flexibility index (Phi) is 9.01. The van der Waals surface area contributed by atoms with Gasteiger partial charge in [0.2, 0.25) is 0 Å². The van der Waals surface area contributed by atoms with Crippen LogP contribution >= 0.6 is 11.6 Å². The number of nitrogens with zero attached hydrogens (tertiary/aromatic N) is 5. The lowest BCUT2D eigenvalue weighted by Crippen LogP contribution is -2.36. The Balaban J connectivity index is 1.63. The lowest BCUT2D eigenvalue weighted by atomic mass is 10.1. The fourth-order valence-corrected chi connectivity index (χ4v) is 4.52. The lowest BCUT2D eigenvalue weighted by molar-refractivity contribution is 0.0804. The fraction of sp³-hybridized carbons (Fsp3) is 0.400. The highest BCUT2D eigenvalue weighted by Crippen LogP contribution is 2.26. The maximum absolute atomic E-state index is 14.1. The average Bonchev–Trinajstić information content (AvgIpc) is 3.43. The summed E-state index contributed by atoms with van der Waals surface area (Å²) < 4.78 is 23.0. The van der Waals surface area contributed by atoms with E-state index in [2.05, 4.69) is 35.0 Å². The molecule has 0 saturated heterocycles. The molecule has 1 atom stereocenters. The van der Waals surface area contributed by atoms with Crippen molar-refractivity contribution in [2.24, 2.45) is 0 Å². The summed E-state index contributed by atoms with van der Waals surface area (Å²) in [7, 11) is -1.24. The zero-order chi connectivity index (χ0) is 27.3. The van der Waals surface area contributed by atoms with Crippen molar-refractivity contribution in [3.8, 4) is 17.3 Å². The van der Waals surface area contributed by atoms with Crippen LogP contribution < -0.4 is 5.32 Å². The van der Waals surface area contributed by atoms with E-state index in [0.717, 1.165) is 6.04 Å². The number of ketones is 1. The summed E-state index contributed by atoms with van der Waals surface area (Å²) in [5.41, 5.74) is 0.818. The first-order valence-electron chi connectivity index (χ1n) is 11.8. The molecule has 1 aromatic carbocycles. The Morgan fingerprint density at radius 2 is 2.05 bits per heavy atom. The molecule has 0 fully saturated rings. The van der Waals surface area contributed by atoms with Crippen LogP contribution in [0.2, 0.25) is 30.7 Å². The minimum absolute atomic E-state index is 0.0125. The van der Waals surface area contributed by atoms with Crippen molar-refractivity contribution in [1.29, 1.82) is 5.26 Å². The third-order valence-corrected chi connectivity index (χ3v) is 7.48. The number of nitrogens with one attached hydrogen (secondary N) is 1. The summed E-state index contributed by atoms with van der Waals surface area (Å²) in [4.78, 5) is 29.1. The number of benzene rings is 1. The molecular formula is C25H30ClFN6O3Si. The Hall–Kier alpha value is -3.33. The normalized spacial score (nSPS) is 12.3. The summed E-state index contributed by atoms with van der Waals surface area (Å²) in [5.74, 6) is -1.24. The number of imidazole rings is 1. The van der Waals surface area contributed by atoms with Crippen LogP contribution in [0.4, 0.5) is 4.39 Å². The second kappa shape index (κ2) is 11.8. The summed E-state index contributed by atoms with van der Waals surface area (Å²) in [6, 6.07) is 6.77. The first-order valence-corrected chi connectivity index (χ1v) is 15.9. The molecule has 0 aliphatic rings. The Morgan fingerprint density at radius 3 is 2.68 bits per heavy atom. The number of aromatic nitrogens is 4. The minimum Gasteiger partial charge on any atom is -0.361 e. The van der Waals surface area contributed by atoms with E-state index in [1.54, 1.807) is 34.5 Å². The molecule has 196 valence electrons. The van der Waals surface area contributed by atoms with Crippen LogP contribution in [0, 0.1) is 17.1 Å². The maximum atomic E-state index is 14.1. The Bertz CT molecular complexity index is 1320. The lowest BCUT2D eigenvalue weighted by Gasteiger charge is -2.15. The second-order valence-corrected chi connectivity index (χ2v) is 16.1. The minimum atomic E-state index is -1.24. The van der Waals surface area contributed by atoms with E-state index < -0.39 is 19.8 Å². The summed E-state index contributed by atoms with van der Waals surface area (Å²) in [6.07, 6.45) is 3.21. The standard InChI is InChI=1S/C25H30ClFN6O3Si/c1-16(13-33-7-6-22(31-33)18-10-20(26)19(12-28)21(27)11-18)29-25(35)23-14-32(24(30-23)17(2)34)15-36-8-9-37(3,4)5/h6-7,10-11,14,16H,8-9,13,15H2,1-5H3,(H,29,35). The number of hydrogen-bond donors (Lipinski definition) is 1. The summed E-state index contributed by atoms with van der Waals surface area (Å²) in [5, 5.41) is 16.3. The number of Topliss-reactive ketones (excluding diaryl/α,β-unsaturated/α-hetero) is 1. The third-order valence-electron chi connectivity index (χ3n) is 5.48. The van der Waals surface area contributed by atoms with Gasteiger partial charge in [-0.2, -0.15) is 10.4 Å². The molecule has 9 nitrogen and oxygen atoms in total. The van der Waals surface area contributed by atoms with Crippen LogP contribution in [0.1, 0.15) is 40.5 Å². The molecule has 0 radical (unpaired) electrons. The van der Waals surface area contributed by atoms with Crippen LogP contribution in [0.3, 0.4) is 0 Å². The van der Waals surface area contributed by atoms with Gasteiger partial charge < -0.3 is 14.6 Å². The van der Waals surface area contributed by atoms with Gasteiger partial charge in [-0.3, -0.25) is 14.3 Å². The molecule has 0 aliphatic carbocycles. The highest BCUT2D eigenvalue weighted by atomic mass is 35.5. The molecule has 3 aromatic rings. The molecule has 3 rings (SSSR count). The quantitative estimate of drug-likeness (QED) is 0.212. The van der Waals surface area contributed by atoms with Crippen LogP contribution in [-0.4, -0.2) is 51.7 Å². The topological polar surface area (TPSA) is 115 Å². The largest absolute Gasteiger partial charge is 0.361 e. The van der Waals surface area contributed by atoms with Crippen molar-refractivity contribution >= 4 is 31.4 Å². The maximum Gasteiger partial charge on any atom is 0.271 e. The van der Waals surface area contributed by atoms with Gasteiger partial charge in [-0.25, -0.2) is 9.37 Å². The van der Waals surface area contributed by atoms with Gasteiger partial charge in [-0.05, 0) is 31.2 Å². The Labute approximate surface area is 221 Å². The molecule has 37 heavy (non-hydrogen) atoms. The fourth-order valence-electron chi connectivity index (χ4n) is 3.52. The number of carbonyl (C=O) groups excluding carboxylic acids is 2. The van der Waals surface area contributed by atoms with Gasteiger partial charge in [0.15, 0.2) is 11.6 Å². The van der Waals surface area contributed by atoms with Crippen molar-refractivity contribution in [3.05, 3.63) is 58.5 Å². The van der Waals surface area contributed by atoms with E-state index in [0.29, 0.717) is 24.4 Å². The van der Waals surface area contributed by atoms with Crippen molar-refractivity contribution in [2.45, 2.75) is 58.9 Å². The van der Waals surface area contributed by atoms with Crippen molar-refractivity contribution < 1.29 is 18.7 Å². The van der Waals surface area contributed by atoms with E-state index in [1.807, 2.05) is 0 Å². The molecule has 2 heterocycles. The molecule has 0 aliphatic heterocycles. The first kappa shape index (κ1) is 28.2. The number of halogens is 2. The molecule has 12 heteroatoms.